The third kappa shape index (κ3) is 1.46. The molecule has 0 bridgehead atoms. The largest absolute Gasteiger partial charge is 0.0838 e. The van der Waals surface area contributed by atoms with Gasteiger partial charge in [-0.2, -0.15) is 0 Å². The maximum Gasteiger partial charge on any atom is 0.0205 e. The van der Waals surface area contributed by atoms with Gasteiger partial charge in [0.1, 0.15) is 0 Å². The lowest BCUT2D eigenvalue weighted by Gasteiger charge is -2.17. The third-order valence-electron chi connectivity index (χ3n) is 3.85. The fourth-order valence-electron chi connectivity index (χ4n) is 2.90. The van der Waals surface area contributed by atoms with E-state index in [0.717, 1.165) is 6.42 Å². The van der Waals surface area contributed by atoms with Gasteiger partial charge >= 0.3 is 0 Å². The van der Waals surface area contributed by atoms with Gasteiger partial charge in [0.2, 0.25) is 0 Å². The zero-order valence-corrected chi connectivity index (χ0v) is 10.1. The highest BCUT2D eigenvalue weighted by atomic mass is 14.2. The van der Waals surface area contributed by atoms with Crippen molar-refractivity contribution in [3.05, 3.63) is 70.6 Å². The number of benzene rings is 2. The van der Waals surface area contributed by atoms with Crippen LogP contribution < -0.4 is 10.4 Å². The maximum atomic E-state index is 2.38. The molecule has 0 amide bonds. The van der Waals surface area contributed by atoms with Crippen LogP contribution in [-0.2, 0) is 0 Å². The SMILES string of the molecule is C1=CC2C=c3cc4ccccc4cc3=CC2=CC1. The lowest BCUT2D eigenvalue weighted by molar-refractivity contribution is 1.01. The van der Waals surface area contributed by atoms with Crippen molar-refractivity contribution in [1.82, 2.24) is 0 Å². The summed E-state index contributed by atoms with van der Waals surface area (Å²) in [5.74, 6) is 0.479. The van der Waals surface area contributed by atoms with Crippen LogP contribution in [0.25, 0.3) is 22.9 Å². The van der Waals surface area contributed by atoms with E-state index >= 15 is 0 Å². The third-order valence-corrected chi connectivity index (χ3v) is 3.85. The molecule has 18 heavy (non-hydrogen) atoms. The molecule has 0 nitrogen and oxygen atoms in total. The minimum absolute atomic E-state index is 0.479. The Labute approximate surface area is 106 Å². The van der Waals surface area contributed by atoms with Crippen LogP contribution in [0.5, 0.6) is 0 Å². The Bertz CT molecular complexity index is 804. The second-order valence-electron chi connectivity index (χ2n) is 5.03. The van der Waals surface area contributed by atoms with Gasteiger partial charge in [0.25, 0.3) is 0 Å². The van der Waals surface area contributed by atoms with E-state index in [9.17, 15) is 0 Å². The van der Waals surface area contributed by atoms with Crippen LogP contribution in [0.15, 0.2) is 60.2 Å². The van der Waals surface area contributed by atoms with Crippen molar-refractivity contribution in [2.75, 3.05) is 0 Å². The molecule has 0 heterocycles. The van der Waals surface area contributed by atoms with Crippen molar-refractivity contribution in [3.8, 4) is 0 Å². The average molecular weight is 230 g/mol. The minimum Gasteiger partial charge on any atom is -0.0838 e. The van der Waals surface area contributed by atoms with Gasteiger partial charge < -0.3 is 0 Å². The van der Waals surface area contributed by atoms with Crippen LogP contribution in [0, 0.1) is 5.92 Å². The topological polar surface area (TPSA) is 0 Å². The molecule has 0 aliphatic heterocycles. The number of allylic oxidation sites excluding steroid dienone is 4. The van der Waals surface area contributed by atoms with E-state index in [0.29, 0.717) is 5.92 Å². The molecular formula is C18H14. The molecule has 2 aliphatic rings. The van der Waals surface area contributed by atoms with Gasteiger partial charge in [0.05, 0.1) is 0 Å². The molecule has 0 fully saturated rings. The predicted molar refractivity (Wildman–Crippen MR) is 77.5 cm³/mol. The summed E-state index contributed by atoms with van der Waals surface area (Å²) in [7, 11) is 0. The van der Waals surface area contributed by atoms with E-state index in [1.807, 2.05) is 0 Å². The molecule has 0 saturated heterocycles. The molecule has 2 aliphatic carbocycles. The first-order valence-electron chi connectivity index (χ1n) is 6.49. The van der Waals surface area contributed by atoms with Crippen molar-refractivity contribution in [3.63, 3.8) is 0 Å². The molecule has 2 aromatic rings. The average Bonchev–Trinajstić information content (AvgIpc) is 2.42. The lowest BCUT2D eigenvalue weighted by atomic mass is 9.87. The quantitative estimate of drug-likeness (QED) is 0.610. The van der Waals surface area contributed by atoms with Gasteiger partial charge in [-0.05, 0) is 45.3 Å². The van der Waals surface area contributed by atoms with E-state index < -0.39 is 0 Å². The van der Waals surface area contributed by atoms with Crippen molar-refractivity contribution in [2.24, 2.45) is 5.92 Å². The van der Waals surface area contributed by atoms with Crippen molar-refractivity contribution < 1.29 is 0 Å². The van der Waals surface area contributed by atoms with E-state index in [4.69, 9.17) is 0 Å². The summed E-state index contributed by atoms with van der Waals surface area (Å²) in [6.45, 7) is 0. The maximum absolute atomic E-state index is 2.38. The first-order chi connectivity index (χ1) is 8.90. The summed E-state index contributed by atoms with van der Waals surface area (Å²) >= 11 is 0. The van der Waals surface area contributed by atoms with Crippen LogP contribution >= 0.6 is 0 Å². The summed E-state index contributed by atoms with van der Waals surface area (Å²) in [5.41, 5.74) is 1.44. The minimum atomic E-state index is 0.479. The number of rotatable bonds is 0. The highest BCUT2D eigenvalue weighted by Gasteiger charge is 2.12. The van der Waals surface area contributed by atoms with E-state index in [-0.39, 0.29) is 0 Å². The fraction of sp³-hybridized carbons (Fsp3) is 0.111. The van der Waals surface area contributed by atoms with Gasteiger partial charge in [0.15, 0.2) is 0 Å². The molecule has 0 saturated carbocycles. The number of fused-ring (bicyclic) bond motifs is 3. The van der Waals surface area contributed by atoms with Crippen LogP contribution in [-0.4, -0.2) is 0 Å². The van der Waals surface area contributed by atoms with Crippen LogP contribution in [0.4, 0.5) is 0 Å². The Kier molecular flexibility index (Phi) is 2.04. The van der Waals surface area contributed by atoms with Crippen LogP contribution in [0.1, 0.15) is 6.42 Å². The van der Waals surface area contributed by atoms with E-state index in [2.05, 4.69) is 66.8 Å². The highest BCUT2D eigenvalue weighted by Crippen LogP contribution is 2.23. The van der Waals surface area contributed by atoms with Crippen LogP contribution in [0.2, 0.25) is 0 Å². The molecule has 0 N–H and O–H groups in total. The Morgan fingerprint density at radius 1 is 0.944 bits per heavy atom. The van der Waals surface area contributed by atoms with Crippen LogP contribution in [0.3, 0.4) is 0 Å². The fourth-order valence-corrected chi connectivity index (χ4v) is 2.90. The van der Waals surface area contributed by atoms with Gasteiger partial charge in [-0.15, -0.1) is 0 Å². The monoisotopic (exact) mass is 230 g/mol. The summed E-state index contributed by atoms with van der Waals surface area (Å²) < 4.78 is 0. The molecular weight excluding hydrogens is 216 g/mol. The lowest BCUT2D eigenvalue weighted by Crippen LogP contribution is -2.29. The molecule has 1 unspecified atom stereocenters. The second kappa shape index (κ2) is 3.71. The van der Waals surface area contributed by atoms with Gasteiger partial charge in [0, 0.05) is 5.92 Å². The standard InChI is InChI=1S/C18H14/c1-2-6-14-10-18-12-16-8-4-3-7-15(16)11-17(18)9-13(14)5-1/h1-3,5-12,15H,4H2. The van der Waals surface area contributed by atoms with E-state index in [1.165, 1.54) is 26.8 Å². The van der Waals surface area contributed by atoms with Crippen molar-refractivity contribution >= 4 is 22.9 Å². The molecule has 1 atom stereocenters. The smallest absolute Gasteiger partial charge is 0.0205 e. The van der Waals surface area contributed by atoms with Gasteiger partial charge in [-0.1, -0.05) is 54.6 Å². The highest BCUT2D eigenvalue weighted by molar-refractivity contribution is 5.83. The summed E-state index contributed by atoms with van der Waals surface area (Å²) in [6, 6.07) is 13.2. The molecule has 2 aromatic carbocycles. The van der Waals surface area contributed by atoms with Crippen molar-refractivity contribution in [1.29, 1.82) is 0 Å². The first kappa shape index (κ1) is 9.90. The summed E-state index contributed by atoms with van der Waals surface area (Å²) in [5, 5.41) is 5.37. The molecule has 0 heteroatoms. The van der Waals surface area contributed by atoms with E-state index in [1.54, 1.807) is 0 Å². The predicted octanol–water partition coefficient (Wildman–Crippen LogP) is 2.92. The summed E-state index contributed by atoms with van der Waals surface area (Å²) in [6.07, 6.45) is 12.7. The number of hydrogen-bond donors (Lipinski definition) is 0. The van der Waals surface area contributed by atoms with Crippen molar-refractivity contribution in [2.45, 2.75) is 6.42 Å². The molecule has 0 spiro atoms. The second-order valence-corrected chi connectivity index (χ2v) is 5.03. The normalized spacial score (nSPS) is 20.4. The zero-order chi connectivity index (χ0) is 11.9. The Balaban J connectivity index is 2.08. The van der Waals surface area contributed by atoms with Gasteiger partial charge in [-0.25, -0.2) is 0 Å². The number of hydrogen-bond acceptors (Lipinski definition) is 0. The molecule has 4 rings (SSSR count). The molecule has 0 radical (unpaired) electrons. The Morgan fingerprint density at radius 3 is 2.56 bits per heavy atom. The zero-order valence-electron chi connectivity index (χ0n) is 10.1. The summed E-state index contributed by atoms with van der Waals surface area (Å²) in [4.78, 5) is 0. The van der Waals surface area contributed by atoms with Gasteiger partial charge in [-0.3, -0.25) is 0 Å². The Hall–Kier alpha value is -2.08. The first-order valence-corrected chi connectivity index (χ1v) is 6.49. The molecule has 86 valence electrons. The molecule has 0 aromatic heterocycles. The Morgan fingerprint density at radius 2 is 1.72 bits per heavy atom.